The third-order valence-electron chi connectivity index (χ3n) is 3.19. The molecule has 0 aliphatic rings. The monoisotopic (exact) mass is 247 g/mol. The largest absolute Gasteiger partial charge is 0.304 e. The second-order valence-corrected chi connectivity index (χ2v) is 4.41. The first-order chi connectivity index (χ1) is 8.67. The lowest BCUT2D eigenvalue weighted by Gasteiger charge is -2.18. The molecule has 1 atom stereocenters. The van der Waals surface area contributed by atoms with Gasteiger partial charge in [0.25, 0.3) is 0 Å². The third-order valence-corrected chi connectivity index (χ3v) is 3.19. The van der Waals surface area contributed by atoms with Gasteiger partial charge in [0.15, 0.2) is 0 Å². The van der Waals surface area contributed by atoms with E-state index >= 15 is 0 Å². The number of rotatable bonds is 5. The van der Waals surface area contributed by atoms with Gasteiger partial charge >= 0.3 is 0 Å². The average molecular weight is 247 g/mol. The van der Waals surface area contributed by atoms with Crippen LogP contribution in [0, 0.1) is 0 Å². The summed E-state index contributed by atoms with van der Waals surface area (Å²) in [4.78, 5) is 0. The molecule has 5 nitrogen and oxygen atoms in total. The van der Waals surface area contributed by atoms with Crippen molar-refractivity contribution in [2.45, 2.75) is 26.3 Å². The molecular weight excluding hydrogens is 226 g/mol. The summed E-state index contributed by atoms with van der Waals surface area (Å²) in [5.74, 6) is 0. The van der Waals surface area contributed by atoms with E-state index in [2.05, 4.69) is 35.4 Å². The minimum Gasteiger partial charge on any atom is -0.304 e. The Labute approximate surface area is 108 Å². The van der Waals surface area contributed by atoms with E-state index in [1.165, 1.54) is 5.69 Å². The van der Waals surface area contributed by atoms with Crippen molar-refractivity contribution in [2.24, 2.45) is 14.1 Å². The molecule has 0 aliphatic carbocycles. The molecule has 18 heavy (non-hydrogen) atoms. The number of hydrogen-bond acceptors (Lipinski definition) is 3. The van der Waals surface area contributed by atoms with E-state index in [1.54, 1.807) is 0 Å². The van der Waals surface area contributed by atoms with Crippen molar-refractivity contribution in [1.82, 2.24) is 24.9 Å². The number of aryl methyl sites for hydroxylation is 3. The second-order valence-electron chi connectivity index (χ2n) is 4.41. The van der Waals surface area contributed by atoms with E-state index in [9.17, 15) is 0 Å². The van der Waals surface area contributed by atoms with Crippen molar-refractivity contribution >= 4 is 0 Å². The van der Waals surface area contributed by atoms with E-state index in [4.69, 9.17) is 0 Å². The fourth-order valence-electron chi connectivity index (χ4n) is 2.22. The minimum absolute atomic E-state index is 0.139. The van der Waals surface area contributed by atoms with Crippen LogP contribution in [-0.2, 0) is 20.5 Å². The maximum atomic E-state index is 4.52. The molecule has 0 saturated heterocycles. The number of hydrogen-bond donors (Lipinski definition) is 1. The van der Waals surface area contributed by atoms with Crippen LogP contribution in [0.1, 0.15) is 37.0 Å². The molecule has 0 saturated carbocycles. The van der Waals surface area contributed by atoms with E-state index in [1.807, 2.05) is 35.7 Å². The average Bonchev–Trinajstić information content (AvgIpc) is 2.93. The zero-order valence-electron chi connectivity index (χ0n) is 11.5. The summed E-state index contributed by atoms with van der Waals surface area (Å²) in [6.07, 6.45) is 2.79. The van der Waals surface area contributed by atoms with Crippen LogP contribution >= 0.6 is 0 Å². The lowest BCUT2D eigenvalue weighted by Crippen LogP contribution is -2.26. The quantitative estimate of drug-likeness (QED) is 0.869. The molecule has 1 unspecified atom stereocenters. The van der Waals surface area contributed by atoms with Gasteiger partial charge in [0.1, 0.15) is 0 Å². The predicted octanol–water partition coefficient (Wildman–Crippen LogP) is 1.41. The molecule has 0 aliphatic heterocycles. The van der Waals surface area contributed by atoms with Gasteiger partial charge in [-0.05, 0) is 25.1 Å². The van der Waals surface area contributed by atoms with E-state index in [-0.39, 0.29) is 6.04 Å². The molecule has 1 N–H and O–H groups in total. The molecule has 0 radical (unpaired) electrons. The molecule has 2 aromatic heterocycles. The van der Waals surface area contributed by atoms with Gasteiger partial charge in [-0.3, -0.25) is 9.36 Å². The molecule has 0 aromatic carbocycles. The van der Waals surface area contributed by atoms with Crippen LogP contribution in [0.3, 0.4) is 0 Å². The molecule has 0 fully saturated rings. The van der Waals surface area contributed by atoms with Gasteiger partial charge in [0.2, 0.25) is 0 Å². The Hall–Kier alpha value is -1.62. The summed E-state index contributed by atoms with van der Waals surface area (Å²) in [6.45, 7) is 5.14. The Morgan fingerprint density at radius 2 is 2.00 bits per heavy atom. The Bertz CT molecular complexity index is 511. The smallest absolute Gasteiger partial charge is 0.0918 e. The fraction of sp³-hybridized carbons (Fsp3) is 0.538. The highest BCUT2D eigenvalue weighted by Gasteiger charge is 2.20. The summed E-state index contributed by atoms with van der Waals surface area (Å²) in [5, 5.41) is 12.3. The van der Waals surface area contributed by atoms with Crippen molar-refractivity contribution < 1.29 is 0 Å². The Morgan fingerprint density at radius 1 is 1.22 bits per heavy atom. The molecule has 2 heterocycles. The van der Waals surface area contributed by atoms with Crippen molar-refractivity contribution in [1.29, 1.82) is 0 Å². The predicted molar refractivity (Wildman–Crippen MR) is 71.3 cm³/mol. The first-order valence-electron chi connectivity index (χ1n) is 6.41. The van der Waals surface area contributed by atoms with Crippen molar-refractivity contribution in [3.8, 4) is 0 Å². The van der Waals surface area contributed by atoms with Gasteiger partial charge in [0.05, 0.1) is 23.1 Å². The van der Waals surface area contributed by atoms with Crippen molar-refractivity contribution in [3.63, 3.8) is 0 Å². The Balaban J connectivity index is 2.41. The number of nitrogens with zero attached hydrogens (tertiary/aromatic N) is 4. The van der Waals surface area contributed by atoms with Gasteiger partial charge in [-0.2, -0.15) is 10.2 Å². The molecule has 2 rings (SSSR count). The van der Waals surface area contributed by atoms with Crippen molar-refractivity contribution in [2.75, 3.05) is 6.54 Å². The number of aromatic nitrogens is 4. The summed E-state index contributed by atoms with van der Waals surface area (Å²) in [5.41, 5.74) is 3.46. The van der Waals surface area contributed by atoms with Gasteiger partial charge in [-0.1, -0.05) is 13.8 Å². The van der Waals surface area contributed by atoms with Crippen LogP contribution in [0.4, 0.5) is 0 Å². The molecule has 5 heteroatoms. The minimum atomic E-state index is 0.139. The van der Waals surface area contributed by atoms with E-state index in [0.29, 0.717) is 0 Å². The van der Waals surface area contributed by atoms with Gasteiger partial charge < -0.3 is 5.32 Å². The molecule has 0 amide bonds. The van der Waals surface area contributed by atoms with Crippen LogP contribution in [0.25, 0.3) is 0 Å². The van der Waals surface area contributed by atoms with Crippen LogP contribution in [0.5, 0.6) is 0 Å². The summed E-state index contributed by atoms with van der Waals surface area (Å²) >= 11 is 0. The summed E-state index contributed by atoms with van der Waals surface area (Å²) in [6, 6.07) is 4.35. The highest BCUT2D eigenvalue weighted by atomic mass is 15.3. The van der Waals surface area contributed by atoms with E-state index in [0.717, 1.165) is 24.4 Å². The maximum absolute atomic E-state index is 4.52. The maximum Gasteiger partial charge on any atom is 0.0918 e. The topological polar surface area (TPSA) is 47.7 Å². The summed E-state index contributed by atoms with van der Waals surface area (Å²) < 4.78 is 3.87. The molecule has 2 aromatic rings. The normalized spacial score (nSPS) is 12.9. The van der Waals surface area contributed by atoms with Gasteiger partial charge in [-0.25, -0.2) is 0 Å². The lowest BCUT2D eigenvalue weighted by molar-refractivity contribution is 0.533. The van der Waals surface area contributed by atoms with Crippen LogP contribution in [0.2, 0.25) is 0 Å². The molecule has 0 bridgehead atoms. The standard InChI is InChI=1S/C13H21N5/c1-5-10-9-12(18(4)16-10)13(14-6-2)11-7-8-15-17(11)3/h7-9,13-14H,5-6H2,1-4H3. The Kier molecular flexibility index (Phi) is 3.81. The first kappa shape index (κ1) is 12.8. The Morgan fingerprint density at radius 3 is 2.50 bits per heavy atom. The zero-order valence-corrected chi connectivity index (χ0v) is 11.5. The SMILES string of the molecule is CCNC(c1ccnn1C)c1cc(CC)nn1C. The van der Waals surface area contributed by atoms with E-state index < -0.39 is 0 Å². The number of nitrogens with one attached hydrogen (secondary N) is 1. The van der Waals surface area contributed by atoms with Crippen LogP contribution in [0.15, 0.2) is 18.3 Å². The van der Waals surface area contributed by atoms with Crippen LogP contribution in [-0.4, -0.2) is 26.1 Å². The third kappa shape index (κ3) is 2.31. The first-order valence-corrected chi connectivity index (χ1v) is 6.41. The van der Waals surface area contributed by atoms with Crippen molar-refractivity contribution in [3.05, 3.63) is 35.4 Å². The zero-order chi connectivity index (χ0) is 13.1. The highest BCUT2D eigenvalue weighted by Crippen LogP contribution is 2.21. The highest BCUT2D eigenvalue weighted by molar-refractivity contribution is 5.24. The summed E-state index contributed by atoms with van der Waals surface area (Å²) in [7, 11) is 3.96. The fourth-order valence-corrected chi connectivity index (χ4v) is 2.22. The lowest BCUT2D eigenvalue weighted by atomic mass is 10.1. The molecule has 0 spiro atoms. The van der Waals surface area contributed by atoms with Gasteiger partial charge in [-0.15, -0.1) is 0 Å². The molecule has 98 valence electrons. The van der Waals surface area contributed by atoms with Crippen LogP contribution < -0.4 is 5.32 Å². The van der Waals surface area contributed by atoms with Gasteiger partial charge in [0, 0.05) is 20.3 Å². The molecular formula is C13H21N5. The second kappa shape index (κ2) is 5.35.